The Bertz CT molecular complexity index is 1250. The van der Waals surface area contributed by atoms with Crippen LogP contribution in [0.2, 0.25) is 0 Å². The summed E-state index contributed by atoms with van der Waals surface area (Å²) in [5.41, 5.74) is -0.573. The predicted octanol–water partition coefficient (Wildman–Crippen LogP) is 4.12. The van der Waals surface area contributed by atoms with Gasteiger partial charge in [0, 0.05) is 41.0 Å². The molecule has 0 radical (unpaired) electrons. The van der Waals surface area contributed by atoms with E-state index in [0.717, 1.165) is 46.4 Å². The molecule has 1 aromatic carbocycles. The number of hydrogen-bond acceptors (Lipinski definition) is 9. The lowest BCUT2D eigenvalue weighted by atomic mass is 9.98. The number of ether oxygens (including phenoxy) is 4. The van der Waals surface area contributed by atoms with E-state index < -0.39 is 71.9 Å². The van der Waals surface area contributed by atoms with E-state index in [2.05, 4.69) is 5.32 Å². The van der Waals surface area contributed by atoms with Crippen LogP contribution in [0.1, 0.15) is 71.4 Å². The van der Waals surface area contributed by atoms with Gasteiger partial charge in [0.15, 0.2) is 24.4 Å². The Balaban J connectivity index is 2.40. The molecule has 256 valence electrons. The third-order valence-electron chi connectivity index (χ3n) is 7.36. The van der Waals surface area contributed by atoms with Gasteiger partial charge in [-0.2, -0.15) is 13.2 Å². The first-order valence-corrected chi connectivity index (χ1v) is 15.0. The predicted molar refractivity (Wildman–Crippen MR) is 159 cm³/mol. The van der Waals surface area contributed by atoms with E-state index in [9.17, 15) is 37.1 Å². The number of alkyl halides is 3. The van der Waals surface area contributed by atoms with Gasteiger partial charge in [-0.3, -0.25) is 24.0 Å². The number of rotatable bonds is 14. The van der Waals surface area contributed by atoms with Crippen molar-refractivity contribution in [2.24, 2.45) is 5.92 Å². The highest BCUT2D eigenvalue weighted by atomic mass is 19.4. The van der Waals surface area contributed by atoms with Gasteiger partial charge in [-0.15, -0.1) is 0 Å². The summed E-state index contributed by atoms with van der Waals surface area (Å²) in [6.45, 7) is 7.27. The molecule has 2 unspecified atom stereocenters. The molecule has 14 heteroatoms. The fraction of sp³-hybridized carbons (Fsp3) is 0.594. The van der Waals surface area contributed by atoms with E-state index in [-0.39, 0.29) is 31.0 Å². The first-order valence-electron chi connectivity index (χ1n) is 15.0. The van der Waals surface area contributed by atoms with Crippen LogP contribution in [0.15, 0.2) is 36.4 Å². The monoisotopic (exact) mass is 656 g/mol. The fourth-order valence-corrected chi connectivity index (χ4v) is 4.95. The molecule has 0 saturated carbocycles. The number of benzene rings is 1. The molecule has 1 aliphatic heterocycles. The quantitative estimate of drug-likeness (QED) is 0.178. The van der Waals surface area contributed by atoms with E-state index in [0.29, 0.717) is 12.8 Å². The lowest BCUT2D eigenvalue weighted by molar-refractivity contribution is -0.192. The van der Waals surface area contributed by atoms with Crippen molar-refractivity contribution in [3.8, 4) is 0 Å². The van der Waals surface area contributed by atoms with Crippen molar-refractivity contribution < 1.29 is 56.1 Å². The average molecular weight is 657 g/mol. The lowest BCUT2D eigenvalue weighted by Crippen LogP contribution is -2.58. The van der Waals surface area contributed by atoms with Crippen LogP contribution >= 0.6 is 0 Å². The van der Waals surface area contributed by atoms with Crippen molar-refractivity contribution in [3.05, 3.63) is 47.5 Å². The summed E-state index contributed by atoms with van der Waals surface area (Å²) >= 11 is 0. The van der Waals surface area contributed by atoms with Crippen LogP contribution in [-0.4, -0.2) is 78.7 Å². The van der Waals surface area contributed by atoms with Crippen molar-refractivity contribution >= 4 is 29.7 Å². The number of carbonyl (C=O) groups is 5. The van der Waals surface area contributed by atoms with Crippen LogP contribution in [0.25, 0.3) is 0 Å². The van der Waals surface area contributed by atoms with Crippen LogP contribution in [0, 0.1) is 5.92 Å². The molecule has 0 spiro atoms. The van der Waals surface area contributed by atoms with Crippen LogP contribution in [0.4, 0.5) is 13.2 Å². The molecular weight excluding hydrogens is 613 g/mol. The smallest absolute Gasteiger partial charge is 0.416 e. The first kappa shape index (κ1) is 38.2. The summed E-state index contributed by atoms with van der Waals surface area (Å²) in [4.78, 5) is 65.1. The Labute approximate surface area is 266 Å². The standard InChI is InChI=1S/C32H43F3N2O9/c1-7-19(2)14-15-26(44-20(3)38)27(45-21(4)39)28(46-22(5)40)29(43-6)30(41)36-25-13-8-9-16-37(31(25)42)18-23-11-10-12-24(17-23)32(33,34)35/h10-12,14-15,17,19,25-29H,7-9,13,16,18H2,1-6H3,(H,36,41)/t19?,25?,26-,27+,28-,29-/m1/s1. The highest BCUT2D eigenvalue weighted by Gasteiger charge is 2.45. The zero-order valence-electron chi connectivity index (χ0n) is 26.9. The number of amides is 2. The zero-order chi connectivity index (χ0) is 34.6. The molecule has 0 aliphatic carbocycles. The van der Waals surface area contributed by atoms with E-state index in [1.165, 1.54) is 23.1 Å². The van der Waals surface area contributed by atoms with E-state index in [4.69, 9.17) is 18.9 Å². The summed E-state index contributed by atoms with van der Waals surface area (Å²) < 4.78 is 61.5. The van der Waals surface area contributed by atoms with E-state index in [1.807, 2.05) is 13.8 Å². The number of likely N-dealkylation sites (tertiary alicyclic amines) is 1. The van der Waals surface area contributed by atoms with Gasteiger partial charge in [0.1, 0.15) is 6.04 Å². The van der Waals surface area contributed by atoms with Crippen molar-refractivity contribution in [2.45, 2.75) is 103 Å². The van der Waals surface area contributed by atoms with Crippen LogP contribution in [-0.2, 0) is 55.6 Å². The fourth-order valence-electron chi connectivity index (χ4n) is 4.95. The second-order valence-corrected chi connectivity index (χ2v) is 11.2. The third-order valence-corrected chi connectivity index (χ3v) is 7.36. The number of nitrogens with zero attached hydrogens (tertiary/aromatic N) is 1. The van der Waals surface area contributed by atoms with Crippen LogP contribution in [0.5, 0.6) is 0 Å². The molecule has 46 heavy (non-hydrogen) atoms. The molecule has 6 atom stereocenters. The number of esters is 3. The average Bonchev–Trinajstić information content (AvgIpc) is 3.13. The van der Waals surface area contributed by atoms with Gasteiger partial charge in [-0.1, -0.05) is 38.5 Å². The molecule has 1 aromatic rings. The molecule has 11 nitrogen and oxygen atoms in total. The largest absolute Gasteiger partial charge is 0.455 e. The van der Waals surface area contributed by atoms with Gasteiger partial charge >= 0.3 is 24.1 Å². The highest BCUT2D eigenvalue weighted by molar-refractivity contribution is 5.90. The molecule has 0 aromatic heterocycles. The Morgan fingerprint density at radius 1 is 1.00 bits per heavy atom. The van der Waals surface area contributed by atoms with E-state index in [1.54, 1.807) is 6.08 Å². The number of hydrogen-bond donors (Lipinski definition) is 1. The Morgan fingerprint density at radius 3 is 2.20 bits per heavy atom. The minimum absolute atomic E-state index is 0.0323. The number of methoxy groups -OCH3 is 1. The summed E-state index contributed by atoms with van der Waals surface area (Å²) in [6, 6.07) is 3.57. The second kappa shape index (κ2) is 17.7. The Morgan fingerprint density at radius 2 is 1.63 bits per heavy atom. The van der Waals surface area contributed by atoms with Gasteiger partial charge < -0.3 is 29.2 Å². The number of allylic oxidation sites excluding steroid dienone is 1. The molecule has 2 amide bonds. The molecule has 1 heterocycles. The molecular formula is C32H43F3N2O9. The summed E-state index contributed by atoms with van der Waals surface area (Å²) in [6.07, 6.45) is -5.41. The van der Waals surface area contributed by atoms with Crippen LogP contribution in [0.3, 0.4) is 0 Å². The molecule has 0 bridgehead atoms. The molecule has 1 N–H and O–H groups in total. The summed E-state index contributed by atoms with van der Waals surface area (Å²) in [5, 5.41) is 2.62. The van der Waals surface area contributed by atoms with Gasteiger partial charge in [0.25, 0.3) is 5.91 Å². The topological polar surface area (TPSA) is 138 Å². The zero-order valence-corrected chi connectivity index (χ0v) is 26.9. The van der Waals surface area contributed by atoms with E-state index >= 15 is 0 Å². The van der Waals surface area contributed by atoms with Crippen molar-refractivity contribution in [1.29, 1.82) is 0 Å². The number of nitrogens with one attached hydrogen (secondary N) is 1. The second-order valence-electron chi connectivity index (χ2n) is 11.2. The maximum atomic E-state index is 13.7. The Kier molecular flexibility index (Phi) is 14.7. The number of halogens is 3. The normalized spacial score (nSPS) is 18.9. The number of carbonyl (C=O) groups excluding carboxylic acids is 5. The molecule has 1 fully saturated rings. The van der Waals surface area contributed by atoms with Gasteiger partial charge in [-0.05, 0) is 49.0 Å². The lowest BCUT2D eigenvalue weighted by Gasteiger charge is -2.34. The first-order chi connectivity index (χ1) is 21.6. The SMILES string of the molecule is CCC(C)C=C[C@@H](OC(C)=O)[C@H](OC(C)=O)[C@@H](OC(C)=O)[C@@H](OC)C(=O)NC1CCCCN(Cc2cccc(C(F)(F)F)c2)C1=O. The van der Waals surface area contributed by atoms with Crippen molar-refractivity contribution in [2.75, 3.05) is 13.7 Å². The van der Waals surface area contributed by atoms with Crippen molar-refractivity contribution in [1.82, 2.24) is 10.2 Å². The van der Waals surface area contributed by atoms with Gasteiger partial charge in [-0.25, -0.2) is 0 Å². The van der Waals surface area contributed by atoms with Crippen LogP contribution < -0.4 is 5.32 Å². The molecule has 2 rings (SSSR count). The Hall–Kier alpha value is -3.94. The molecule has 1 aliphatic rings. The minimum atomic E-state index is -4.55. The van der Waals surface area contributed by atoms with Crippen molar-refractivity contribution in [3.63, 3.8) is 0 Å². The highest BCUT2D eigenvalue weighted by Crippen LogP contribution is 2.30. The van der Waals surface area contributed by atoms with Gasteiger partial charge in [0.05, 0.1) is 5.56 Å². The summed E-state index contributed by atoms with van der Waals surface area (Å²) in [7, 11) is 1.15. The molecule has 1 saturated heterocycles. The van der Waals surface area contributed by atoms with Gasteiger partial charge in [0.2, 0.25) is 5.91 Å². The third kappa shape index (κ3) is 11.8. The summed E-state index contributed by atoms with van der Waals surface area (Å²) in [5.74, 6) is -3.80. The minimum Gasteiger partial charge on any atom is -0.455 e. The maximum absolute atomic E-state index is 13.7. The maximum Gasteiger partial charge on any atom is 0.416 e.